The molecule has 92 valence electrons. The van der Waals surface area contributed by atoms with Gasteiger partial charge in [-0.15, -0.1) is 0 Å². The lowest BCUT2D eigenvalue weighted by Gasteiger charge is -2.01. The number of ketones is 1. The molecule has 0 fully saturated rings. The highest BCUT2D eigenvalue weighted by Gasteiger charge is 2.10. The molecule has 7 heteroatoms. The van der Waals surface area contributed by atoms with Crippen LogP contribution in [0.3, 0.4) is 0 Å². The van der Waals surface area contributed by atoms with Gasteiger partial charge >= 0.3 is 0 Å². The van der Waals surface area contributed by atoms with E-state index in [1.807, 2.05) is 0 Å². The third-order valence-electron chi connectivity index (χ3n) is 2.31. The van der Waals surface area contributed by atoms with Gasteiger partial charge in [-0.25, -0.2) is 0 Å². The summed E-state index contributed by atoms with van der Waals surface area (Å²) in [5.41, 5.74) is 0.348. The second-order valence-electron chi connectivity index (χ2n) is 3.58. The van der Waals surface area contributed by atoms with Crippen LogP contribution in [-0.2, 0) is 6.54 Å². The zero-order valence-corrected chi connectivity index (χ0v) is 9.87. The van der Waals surface area contributed by atoms with Crippen LogP contribution >= 0.6 is 11.6 Å². The third kappa shape index (κ3) is 2.72. The van der Waals surface area contributed by atoms with Gasteiger partial charge in [0.25, 0.3) is 5.69 Å². The molecule has 6 nitrogen and oxygen atoms in total. The molecule has 0 bridgehead atoms. The maximum atomic E-state index is 11.8. The SMILES string of the molecule is O=C(Cn1cc(Cl)cn1)c1ccc([N+](=O)[O-])cc1. The Balaban J connectivity index is 2.11. The van der Waals surface area contributed by atoms with Gasteiger partial charge in [0.15, 0.2) is 5.78 Å². The number of nitro benzene ring substituents is 1. The van der Waals surface area contributed by atoms with E-state index in [2.05, 4.69) is 5.10 Å². The van der Waals surface area contributed by atoms with E-state index in [0.717, 1.165) is 0 Å². The second kappa shape index (κ2) is 4.97. The van der Waals surface area contributed by atoms with Crippen molar-refractivity contribution in [3.63, 3.8) is 0 Å². The predicted octanol–water partition coefficient (Wildman–Crippen LogP) is 2.33. The van der Waals surface area contributed by atoms with Gasteiger partial charge in [0.2, 0.25) is 0 Å². The van der Waals surface area contributed by atoms with Crippen molar-refractivity contribution in [2.75, 3.05) is 0 Å². The first-order chi connectivity index (χ1) is 8.56. The summed E-state index contributed by atoms with van der Waals surface area (Å²) in [5.74, 6) is -0.190. The Morgan fingerprint density at radius 3 is 2.56 bits per heavy atom. The number of carbonyl (C=O) groups excluding carboxylic acids is 1. The number of non-ortho nitro benzene ring substituents is 1. The molecule has 2 rings (SSSR count). The van der Waals surface area contributed by atoms with Crippen LogP contribution < -0.4 is 0 Å². The Labute approximate surface area is 107 Å². The van der Waals surface area contributed by atoms with Gasteiger partial charge in [0.1, 0.15) is 6.54 Å². The first-order valence-corrected chi connectivity index (χ1v) is 5.39. The Hall–Kier alpha value is -2.21. The minimum absolute atomic E-state index is 0.0462. The maximum Gasteiger partial charge on any atom is 0.269 e. The highest BCUT2D eigenvalue weighted by atomic mass is 35.5. The van der Waals surface area contributed by atoms with E-state index >= 15 is 0 Å². The molecule has 2 aromatic rings. The molecular formula is C11H8ClN3O3. The van der Waals surface area contributed by atoms with Crippen LogP contribution in [0.5, 0.6) is 0 Å². The fourth-order valence-corrected chi connectivity index (χ4v) is 1.59. The number of carbonyl (C=O) groups is 1. The summed E-state index contributed by atoms with van der Waals surface area (Å²) in [7, 11) is 0. The number of Topliss-reactive ketones (excluding diaryl/α,β-unsaturated/α-hetero) is 1. The molecule has 0 aliphatic heterocycles. The molecule has 1 aromatic carbocycles. The van der Waals surface area contributed by atoms with Crippen LogP contribution in [0.15, 0.2) is 36.7 Å². The maximum absolute atomic E-state index is 11.8. The number of nitrogens with zero attached hydrogens (tertiary/aromatic N) is 3. The lowest BCUT2D eigenvalue weighted by atomic mass is 10.1. The Morgan fingerprint density at radius 2 is 2.06 bits per heavy atom. The van der Waals surface area contributed by atoms with Crippen LogP contribution in [0, 0.1) is 10.1 Å². The van der Waals surface area contributed by atoms with Crippen molar-refractivity contribution in [3.05, 3.63) is 57.4 Å². The number of aromatic nitrogens is 2. The third-order valence-corrected chi connectivity index (χ3v) is 2.50. The van der Waals surface area contributed by atoms with Crippen molar-refractivity contribution >= 4 is 23.1 Å². The van der Waals surface area contributed by atoms with Gasteiger partial charge < -0.3 is 0 Å². The fraction of sp³-hybridized carbons (Fsp3) is 0.0909. The first-order valence-electron chi connectivity index (χ1n) is 5.02. The molecule has 0 N–H and O–H groups in total. The standard InChI is InChI=1S/C11H8ClN3O3/c12-9-5-13-14(6-9)7-11(16)8-1-3-10(4-2-8)15(17)18/h1-6H,7H2. The Kier molecular flexibility index (Phi) is 3.38. The van der Waals surface area contributed by atoms with E-state index in [1.165, 1.54) is 41.3 Å². The highest BCUT2D eigenvalue weighted by Crippen LogP contribution is 2.13. The van der Waals surface area contributed by atoms with Gasteiger partial charge in [-0.05, 0) is 12.1 Å². The van der Waals surface area contributed by atoms with Gasteiger partial charge in [-0.3, -0.25) is 19.6 Å². The Morgan fingerprint density at radius 1 is 1.39 bits per heavy atom. The molecule has 0 unspecified atom stereocenters. The number of hydrogen-bond donors (Lipinski definition) is 0. The summed E-state index contributed by atoms with van der Waals surface area (Å²) < 4.78 is 1.41. The zero-order chi connectivity index (χ0) is 13.1. The summed E-state index contributed by atoms with van der Waals surface area (Å²) in [5, 5.41) is 14.8. The number of rotatable bonds is 4. The number of halogens is 1. The van der Waals surface area contributed by atoms with E-state index in [1.54, 1.807) is 0 Å². The summed E-state index contributed by atoms with van der Waals surface area (Å²) in [6.45, 7) is 0.0462. The molecule has 1 aromatic heterocycles. The van der Waals surface area contributed by atoms with Crippen molar-refractivity contribution in [3.8, 4) is 0 Å². The highest BCUT2D eigenvalue weighted by molar-refractivity contribution is 6.30. The monoisotopic (exact) mass is 265 g/mol. The van der Waals surface area contributed by atoms with Crippen molar-refractivity contribution in [1.82, 2.24) is 9.78 Å². The molecule has 0 spiro atoms. The lowest BCUT2D eigenvalue weighted by molar-refractivity contribution is -0.384. The molecule has 0 saturated carbocycles. The number of nitro groups is 1. The number of benzene rings is 1. The van der Waals surface area contributed by atoms with Crippen LogP contribution in [0.4, 0.5) is 5.69 Å². The zero-order valence-electron chi connectivity index (χ0n) is 9.12. The molecule has 1 heterocycles. The molecule has 0 atom stereocenters. The van der Waals surface area contributed by atoms with E-state index in [0.29, 0.717) is 10.6 Å². The topological polar surface area (TPSA) is 78.0 Å². The van der Waals surface area contributed by atoms with E-state index in [-0.39, 0.29) is 18.0 Å². The summed E-state index contributed by atoms with van der Waals surface area (Å²) in [6.07, 6.45) is 2.97. The molecule has 0 aliphatic rings. The molecule has 0 amide bonds. The predicted molar refractivity (Wildman–Crippen MR) is 64.7 cm³/mol. The summed E-state index contributed by atoms with van der Waals surface area (Å²) in [6, 6.07) is 5.43. The lowest BCUT2D eigenvalue weighted by Crippen LogP contribution is -2.10. The van der Waals surface area contributed by atoms with Gasteiger partial charge in [0.05, 0.1) is 16.1 Å². The molecule has 0 saturated heterocycles. The van der Waals surface area contributed by atoms with Crippen LogP contribution in [0.2, 0.25) is 5.02 Å². The normalized spacial score (nSPS) is 10.3. The van der Waals surface area contributed by atoms with Gasteiger partial charge in [0, 0.05) is 23.9 Å². The van der Waals surface area contributed by atoms with Crippen molar-refractivity contribution in [2.24, 2.45) is 0 Å². The molecule has 0 aliphatic carbocycles. The Bertz CT molecular complexity index is 592. The van der Waals surface area contributed by atoms with Crippen LogP contribution in [-0.4, -0.2) is 20.5 Å². The minimum Gasteiger partial charge on any atom is -0.292 e. The van der Waals surface area contributed by atoms with Gasteiger partial charge in [-0.2, -0.15) is 5.10 Å². The van der Waals surface area contributed by atoms with Gasteiger partial charge in [-0.1, -0.05) is 11.6 Å². The molecule has 0 radical (unpaired) electrons. The largest absolute Gasteiger partial charge is 0.292 e. The van der Waals surface area contributed by atoms with Crippen molar-refractivity contribution in [1.29, 1.82) is 0 Å². The van der Waals surface area contributed by atoms with E-state index in [4.69, 9.17) is 11.6 Å². The fourth-order valence-electron chi connectivity index (χ4n) is 1.43. The molecular weight excluding hydrogens is 258 g/mol. The van der Waals surface area contributed by atoms with Crippen LogP contribution in [0.1, 0.15) is 10.4 Å². The van der Waals surface area contributed by atoms with Crippen LogP contribution in [0.25, 0.3) is 0 Å². The van der Waals surface area contributed by atoms with E-state index in [9.17, 15) is 14.9 Å². The van der Waals surface area contributed by atoms with E-state index < -0.39 is 4.92 Å². The first kappa shape index (κ1) is 12.3. The second-order valence-corrected chi connectivity index (χ2v) is 4.02. The summed E-state index contributed by atoms with van der Waals surface area (Å²) >= 11 is 5.68. The smallest absolute Gasteiger partial charge is 0.269 e. The molecule has 18 heavy (non-hydrogen) atoms. The summed E-state index contributed by atoms with van der Waals surface area (Å²) in [4.78, 5) is 21.8. The minimum atomic E-state index is -0.512. The average molecular weight is 266 g/mol. The van der Waals surface area contributed by atoms with Crippen molar-refractivity contribution in [2.45, 2.75) is 6.54 Å². The van der Waals surface area contributed by atoms with Crippen molar-refractivity contribution < 1.29 is 9.72 Å². The quantitative estimate of drug-likeness (QED) is 0.483. The average Bonchev–Trinajstić information content (AvgIpc) is 2.75. The number of hydrogen-bond acceptors (Lipinski definition) is 4.